The summed E-state index contributed by atoms with van der Waals surface area (Å²) in [7, 11) is 3.07. The Morgan fingerprint density at radius 1 is 0.852 bits per heavy atom. The number of halogens is 3. The Kier molecular flexibility index (Phi) is 5.50. The number of pyridine rings is 2. The molecule has 4 aromatic heterocycles. The molecule has 8 nitrogen and oxygen atoms in total. The van der Waals surface area contributed by atoms with Crippen molar-refractivity contribution in [2.45, 2.75) is 9.79 Å². The number of aromatic amines is 2. The largest absolute Gasteiger partial charge is 0.346 e. The van der Waals surface area contributed by atoms with E-state index >= 15 is 0 Å². The smallest absolute Gasteiger partial charge is 0.262 e. The van der Waals surface area contributed by atoms with Gasteiger partial charge in [-0.2, -0.15) is 0 Å². The minimum atomic E-state index is -3.74. The van der Waals surface area contributed by atoms with Gasteiger partial charge in [0.15, 0.2) is 0 Å². The number of nitrogens with one attached hydrogen (secondary N) is 2. The van der Waals surface area contributed by atoms with Crippen LogP contribution in [0.3, 0.4) is 0 Å². The first-order valence-electron chi connectivity index (χ1n) is 7.02. The Hall–Kier alpha value is -1.66. The number of aromatic nitrogens is 4. The summed E-state index contributed by atoms with van der Waals surface area (Å²) >= 11 is 3.22. The quantitative estimate of drug-likeness (QED) is 0.395. The van der Waals surface area contributed by atoms with Crippen LogP contribution >= 0.6 is 37.3 Å². The summed E-state index contributed by atoms with van der Waals surface area (Å²) in [6, 6.07) is 4.36. The van der Waals surface area contributed by atoms with Gasteiger partial charge in [0, 0.05) is 56.0 Å². The molecule has 27 heavy (non-hydrogen) atoms. The topological polar surface area (TPSA) is 126 Å². The van der Waals surface area contributed by atoms with Crippen molar-refractivity contribution in [3.05, 3.63) is 47.5 Å². The minimum absolute atomic E-state index is 0.0530. The van der Waals surface area contributed by atoms with E-state index in [1.54, 1.807) is 18.5 Å². The predicted octanol–water partition coefficient (Wildman–Crippen LogP) is 3.74. The van der Waals surface area contributed by atoms with Crippen LogP contribution in [0.1, 0.15) is 0 Å². The fraction of sp³-hybridized carbons (Fsp3) is 0. The van der Waals surface area contributed by atoms with E-state index in [-0.39, 0.29) is 9.79 Å². The molecule has 4 rings (SSSR count). The third-order valence-electron chi connectivity index (χ3n) is 3.43. The Labute approximate surface area is 170 Å². The maximum Gasteiger partial charge on any atom is 0.262 e. The molecule has 0 aromatic carbocycles. The lowest BCUT2D eigenvalue weighted by molar-refractivity contribution is 0.608. The van der Waals surface area contributed by atoms with E-state index in [0.717, 1.165) is 0 Å². The highest BCUT2D eigenvalue weighted by Gasteiger charge is 2.17. The van der Waals surface area contributed by atoms with Crippen molar-refractivity contribution in [2.75, 3.05) is 0 Å². The fourth-order valence-electron chi connectivity index (χ4n) is 2.34. The van der Waals surface area contributed by atoms with Crippen LogP contribution in [-0.2, 0) is 18.1 Å². The molecule has 0 atom stereocenters. The Morgan fingerprint density at radius 2 is 1.44 bits per heavy atom. The SMILES string of the molecule is O=S(=O)(Cl)c1ccnc2[nH]cc(Br)c12.O=S(=O)(Cl)c1ccnc2[nH]ccc12. The van der Waals surface area contributed by atoms with Crippen molar-refractivity contribution < 1.29 is 16.8 Å². The van der Waals surface area contributed by atoms with Crippen LogP contribution in [0.2, 0.25) is 0 Å². The second-order valence-corrected chi connectivity index (χ2v) is 11.0. The van der Waals surface area contributed by atoms with Gasteiger partial charge in [0.1, 0.15) is 11.3 Å². The second-order valence-electron chi connectivity index (χ2n) is 5.09. The molecule has 2 N–H and O–H groups in total. The van der Waals surface area contributed by atoms with E-state index in [1.807, 2.05) is 0 Å². The Bertz CT molecular complexity index is 1350. The number of rotatable bonds is 2. The highest BCUT2D eigenvalue weighted by atomic mass is 79.9. The summed E-state index contributed by atoms with van der Waals surface area (Å²) in [5, 5.41) is 0.986. The summed E-state index contributed by atoms with van der Waals surface area (Å²) in [5.41, 5.74) is 1.00. The van der Waals surface area contributed by atoms with Crippen molar-refractivity contribution in [1.82, 2.24) is 19.9 Å². The van der Waals surface area contributed by atoms with E-state index in [2.05, 4.69) is 35.9 Å². The zero-order valence-corrected chi connectivity index (χ0v) is 17.8. The Morgan fingerprint density at radius 3 is 2.07 bits per heavy atom. The molecule has 4 aromatic rings. The third-order valence-corrected chi connectivity index (χ3v) is 6.80. The molecular weight excluding hydrogens is 503 g/mol. The molecule has 13 heteroatoms. The van der Waals surface area contributed by atoms with Gasteiger partial charge in [-0.05, 0) is 34.1 Å². The summed E-state index contributed by atoms with van der Waals surface area (Å²) in [4.78, 5) is 13.7. The van der Waals surface area contributed by atoms with Crippen molar-refractivity contribution in [2.24, 2.45) is 0 Å². The summed E-state index contributed by atoms with van der Waals surface area (Å²) in [5.74, 6) is 0. The van der Waals surface area contributed by atoms with Crippen LogP contribution in [0, 0.1) is 0 Å². The summed E-state index contributed by atoms with van der Waals surface area (Å²) in [6.07, 6.45) is 6.01. The highest BCUT2D eigenvalue weighted by Crippen LogP contribution is 2.30. The molecule has 0 saturated heterocycles. The van der Waals surface area contributed by atoms with Gasteiger partial charge in [-0.25, -0.2) is 26.8 Å². The van der Waals surface area contributed by atoms with Crippen molar-refractivity contribution >= 4 is 77.5 Å². The second kappa shape index (κ2) is 7.40. The van der Waals surface area contributed by atoms with E-state index in [4.69, 9.17) is 21.4 Å². The average Bonchev–Trinajstić information content (AvgIpc) is 3.20. The lowest BCUT2D eigenvalue weighted by Gasteiger charge is -1.97. The van der Waals surface area contributed by atoms with Crippen molar-refractivity contribution in [3.8, 4) is 0 Å². The van der Waals surface area contributed by atoms with Crippen LogP contribution in [0.4, 0.5) is 0 Å². The summed E-state index contributed by atoms with van der Waals surface area (Å²) in [6.45, 7) is 0. The number of hydrogen-bond donors (Lipinski definition) is 2. The minimum Gasteiger partial charge on any atom is -0.346 e. The van der Waals surface area contributed by atoms with Gasteiger partial charge < -0.3 is 9.97 Å². The van der Waals surface area contributed by atoms with Gasteiger partial charge in [-0.3, -0.25) is 0 Å². The number of nitrogens with zero attached hydrogens (tertiary/aromatic N) is 2. The third kappa shape index (κ3) is 4.27. The van der Waals surface area contributed by atoms with E-state index < -0.39 is 18.1 Å². The van der Waals surface area contributed by atoms with Gasteiger partial charge in [0.25, 0.3) is 18.1 Å². The summed E-state index contributed by atoms with van der Waals surface area (Å²) < 4.78 is 45.2. The van der Waals surface area contributed by atoms with Gasteiger partial charge in [-0.1, -0.05) is 0 Å². The molecule has 0 unspecified atom stereocenters. The van der Waals surface area contributed by atoms with Crippen molar-refractivity contribution in [3.63, 3.8) is 0 Å². The van der Waals surface area contributed by atoms with Crippen molar-refractivity contribution in [1.29, 1.82) is 0 Å². The molecule has 142 valence electrons. The zero-order chi connectivity index (χ0) is 19.8. The van der Waals surface area contributed by atoms with Crippen LogP contribution in [0.15, 0.2) is 57.3 Å². The zero-order valence-electron chi connectivity index (χ0n) is 13.0. The number of hydrogen-bond acceptors (Lipinski definition) is 6. The number of fused-ring (bicyclic) bond motifs is 2. The molecule has 4 heterocycles. The monoisotopic (exact) mass is 510 g/mol. The molecule has 0 aliphatic heterocycles. The van der Waals surface area contributed by atoms with Crippen LogP contribution in [0.5, 0.6) is 0 Å². The first-order chi connectivity index (χ1) is 12.6. The van der Waals surface area contributed by atoms with E-state index in [1.165, 1.54) is 24.5 Å². The number of H-pyrrole nitrogens is 2. The van der Waals surface area contributed by atoms with E-state index in [0.29, 0.717) is 26.5 Å². The maximum atomic E-state index is 11.2. The van der Waals surface area contributed by atoms with Crippen LogP contribution in [0.25, 0.3) is 22.1 Å². The maximum absolute atomic E-state index is 11.2. The molecular formula is C14H9BrCl2N4O4S2. The fourth-order valence-corrected chi connectivity index (χ4v) is 5.10. The lowest BCUT2D eigenvalue weighted by Crippen LogP contribution is -1.92. The Balaban J connectivity index is 0.000000156. The highest BCUT2D eigenvalue weighted by molar-refractivity contribution is 9.10. The lowest BCUT2D eigenvalue weighted by atomic mass is 10.3. The van der Waals surface area contributed by atoms with Crippen LogP contribution < -0.4 is 0 Å². The van der Waals surface area contributed by atoms with Crippen LogP contribution in [-0.4, -0.2) is 36.8 Å². The molecule has 0 aliphatic rings. The van der Waals surface area contributed by atoms with Gasteiger partial charge in [-0.15, -0.1) is 0 Å². The standard InChI is InChI=1S/C7H4BrClN2O2S.C7H5ClN2O2S/c8-4-3-11-7-6(4)5(1-2-10-7)14(9,12)13;8-13(11,12)6-2-4-10-7-5(6)1-3-9-7/h1-3H,(H,10,11);1-4H,(H,9,10). The molecule has 0 aliphatic carbocycles. The molecule has 0 radical (unpaired) electrons. The predicted molar refractivity (Wildman–Crippen MR) is 106 cm³/mol. The molecule has 0 saturated carbocycles. The first-order valence-corrected chi connectivity index (χ1v) is 12.4. The normalized spacial score (nSPS) is 12.1. The molecule has 0 bridgehead atoms. The van der Waals surface area contributed by atoms with Gasteiger partial charge in [0.05, 0.1) is 15.2 Å². The average molecular weight is 512 g/mol. The van der Waals surface area contributed by atoms with E-state index in [9.17, 15) is 16.8 Å². The molecule has 0 spiro atoms. The van der Waals surface area contributed by atoms with Gasteiger partial charge >= 0.3 is 0 Å². The molecule has 0 amide bonds. The molecule has 0 fully saturated rings. The first kappa shape index (κ1) is 20.1. The van der Waals surface area contributed by atoms with Gasteiger partial charge in [0.2, 0.25) is 0 Å².